The lowest BCUT2D eigenvalue weighted by molar-refractivity contribution is -0.165. The van der Waals surface area contributed by atoms with Gasteiger partial charge in [-0.15, -0.1) is 0 Å². The summed E-state index contributed by atoms with van der Waals surface area (Å²) in [6.07, 6.45) is -0.989. The van der Waals surface area contributed by atoms with E-state index in [1.54, 1.807) is 6.92 Å². The molecule has 7 heteroatoms. The van der Waals surface area contributed by atoms with Crippen LogP contribution in [0, 0.1) is 5.41 Å². The zero-order chi connectivity index (χ0) is 17.6. The lowest BCUT2D eigenvalue weighted by atomic mass is 9.84. The Morgan fingerprint density at radius 2 is 1.64 bits per heavy atom. The first-order valence-corrected chi connectivity index (χ1v) is 7.31. The fourth-order valence-electron chi connectivity index (χ4n) is 1.55. The second kappa shape index (κ2) is 8.00. The molecule has 0 fully saturated rings. The van der Waals surface area contributed by atoms with Gasteiger partial charge in [0.15, 0.2) is 0 Å². The molecule has 0 aliphatic heterocycles. The number of ether oxygens (including phenoxy) is 2. The van der Waals surface area contributed by atoms with E-state index in [0.717, 1.165) is 0 Å². The molecule has 2 atom stereocenters. The molecule has 7 nitrogen and oxygen atoms in total. The van der Waals surface area contributed by atoms with Crippen LogP contribution in [0.2, 0.25) is 0 Å². The predicted molar refractivity (Wildman–Crippen MR) is 80.2 cm³/mol. The summed E-state index contributed by atoms with van der Waals surface area (Å²) in [6.45, 7) is 10.4. The second-order valence-electron chi connectivity index (χ2n) is 6.64. The first-order chi connectivity index (χ1) is 9.89. The molecule has 2 N–H and O–H groups in total. The van der Waals surface area contributed by atoms with E-state index in [2.05, 4.69) is 5.32 Å². The van der Waals surface area contributed by atoms with Crippen molar-refractivity contribution in [2.45, 2.75) is 72.6 Å². The molecule has 0 saturated heterocycles. The van der Waals surface area contributed by atoms with E-state index in [0.29, 0.717) is 6.42 Å². The van der Waals surface area contributed by atoms with Gasteiger partial charge in [-0.25, -0.2) is 9.59 Å². The zero-order valence-corrected chi connectivity index (χ0v) is 14.2. The van der Waals surface area contributed by atoms with Crippen molar-refractivity contribution < 1.29 is 29.0 Å². The Hall–Kier alpha value is -1.79. The summed E-state index contributed by atoms with van der Waals surface area (Å²) >= 11 is 0. The van der Waals surface area contributed by atoms with Crippen LogP contribution in [0.5, 0.6) is 0 Å². The lowest BCUT2D eigenvalue weighted by Crippen LogP contribution is -2.53. The van der Waals surface area contributed by atoms with Gasteiger partial charge in [-0.3, -0.25) is 4.79 Å². The Labute approximate surface area is 131 Å². The summed E-state index contributed by atoms with van der Waals surface area (Å²) in [5, 5.41) is 11.7. The van der Waals surface area contributed by atoms with Crippen LogP contribution in [0.15, 0.2) is 0 Å². The Kier molecular flexibility index (Phi) is 7.35. The highest BCUT2D eigenvalue weighted by Crippen LogP contribution is 2.26. The van der Waals surface area contributed by atoms with Crippen molar-refractivity contribution in [3.05, 3.63) is 0 Å². The summed E-state index contributed by atoms with van der Waals surface area (Å²) in [5.74, 6) is -1.65. The zero-order valence-electron chi connectivity index (χ0n) is 14.2. The molecule has 0 heterocycles. The van der Waals surface area contributed by atoms with Crippen molar-refractivity contribution in [2.24, 2.45) is 5.41 Å². The van der Waals surface area contributed by atoms with Gasteiger partial charge in [0.2, 0.25) is 6.29 Å². The van der Waals surface area contributed by atoms with E-state index in [1.165, 1.54) is 13.8 Å². The van der Waals surface area contributed by atoms with Crippen molar-refractivity contribution in [1.82, 2.24) is 5.32 Å². The van der Waals surface area contributed by atoms with Crippen LogP contribution < -0.4 is 5.32 Å². The number of alkyl carbamates (subject to hydrolysis) is 1. The van der Waals surface area contributed by atoms with E-state index in [4.69, 9.17) is 9.47 Å². The maximum atomic E-state index is 11.8. The van der Waals surface area contributed by atoms with Gasteiger partial charge in [0.25, 0.3) is 0 Å². The normalized spacial score (nSPS) is 15.4. The van der Waals surface area contributed by atoms with Crippen molar-refractivity contribution in [3.63, 3.8) is 0 Å². The minimum absolute atomic E-state index is 0.0633. The van der Waals surface area contributed by atoms with Crippen molar-refractivity contribution in [1.29, 1.82) is 0 Å². The number of rotatable bonds is 7. The van der Waals surface area contributed by atoms with E-state index in [-0.39, 0.29) is 18.3 Å². The molecule has 0 rings (SSSR count). The topological polar surface area (TPSA) is 102 Å². The first kappa shape index (κ1) is 20.2. The van der Waals surface area contributed by atoms with Crippen LogP contribution in [0.1, 0.15) is 60.8 Å². The van der Waals surface area contributed by atoms with Crippen molar-refractivity contribution in [2.75, 3.05) is 0 Å². The van der Waals surface area contributed by atoms with Crippen LogP contribution in [-0.4, -0.2) is 35.0 Å². The maximum absolute atomic E-state index is 11.8. The number of esters is 1. The van der Waals surface area contributed by atoms with Gasteiger partial charge in [0.05, 0.1) is 0 Å². The third-order valence-corrected chi connectivity index (χ3v) is 3.08. The van der Waals surface area contributed by atoms with Crippen LogP contribution >= 0.6 is 0 Å². The van der Waals surface area contributed by atoms with Crippen LogP contribution in [0.3, 0.4) is 0 Å². The number of carboxylic acid groups (broad SMARTS) is 1. The highest BCUT2D eigenvalue weighted by atomic mass is 16.7. The largest absolute Gasteiger partial charge is 0.480 e. The van der Waals surface area contributed by atoms with Gasteiger partial charge in [-0.2, -0.15) is 0 Å². The minimum Gasteiger partial charge on any atom is -0.480 e. The number of nitrogens with one attached hydrogen (secondary N) is 1. The maximum Gasteiger partial charge on any atom is 0.411 e. The van der Waals surface area contributed by atoms with E-state index >= 15 is 0 Å². The molecule has 0 aromatic carbocycles. The number of hydrogen-bond donors (Lipinski definition) is 2. The number of carboxylic acids is 1. The van der Waals surface area contributed by atoms with E-state index < -0.39 is 29.9 Å². The Balaban J connectivity index is 4.64. The van der Waals surface area contributed by atoms with Gasteiger partial charge < -0.3 is 19.9 Å². The molecule has 1 amide bonds. The molecule has 0 saturated carbocycles. The highest BCUT2D eigenvalue weighted by Gasteiger charge is 2.36. The molecule has 0 aromatic heterocycles. The van der Waals surface area contributed by atoms with Crippen LogP contribution in [0.4, 0.5) is 4.79 Å². The second-order valence-corrected chi connectivity index (χ2v) is 6.64. The molecule has 22 heavy (non-hydrogen) atoms. The summed E-state index contributed by atoms with van der Waals surface area (Å²) in [4.78, 5) is 34.3. The van der Waals surface area contributed by atoms with Gasteiger partial charge in [-0.1, -0.05) is 27.7 Å². The predicted octanol–water partition coefficient (Wildman–Crippen LogP) is 2.68. The van der Waals surface area contributed by atoms with Gasteiger partial charge in [0.1, 0.15) is 5.54 Å². The van der Waals surface area contributed by atoms with E-state index in [9.17, 15) is 19.5 Å². The average molecular weight is 317 g/mol. The van der Waals surface area contributed by atoms with Gasteiger partial charge >= 0.3 is 18.0 Å². The number of aliphatic carboxylic acids is 1. The molecule has 0 unspecified atom stereocenters. The number of carbonyl (C=O) groups is 3. The number of carbonyl (C=O) groups excluding carboxylic acids is 2. The molecule has 0 aromatic rings. The summed E-state index contributed by atoms with van der Waals surface area (Å²) < 4.78 is 9.63. The quantitative estimate of drug-likeness (QED) is 0.553. The van der Waals surface area contributed by atoms with Crippen molar-refractivity contribution in [3.8, 4) is 0 Å². The third-order valence-electron chi connectivity index (χ3n) is 3.08. The highest BCUT2D eigenvalue weighted by molar-refractivity contribution is 5.83. The van der Waals surface area contributed by atoms with Gasteiger partial charge in [-0.05, 0) is 25.2 Å². The van der Waals surface area contributed by atoms with Crippen LogP contribution in [0.25, 0.3) is 0 Å². The molecular weight excluding hydrogens is 290 g/mol. The standard InChI is InChI=1S/C15H27NO6/c1-7-11(17)21-10(2)22-13(20)16-15(6,12(18)19)9-8-14(3,4)5/h10H,7-9H2,1-6H3,(H,16,20)(H,18,19)/t10-,15-/m0/s1. The lowest BCUT2D eigenvalue weighted by Gasteiger charge is -2.29. The SMILES string of the molecule is CCC(=O)O[C@H](C)OC(=O)N[C@@](C)(CCC(C)(C)C)C(=O)O. The fourth-order valence-corrected chi connectivity index (χ4v) is 1.55. The number of hydrogen-bond acceptors (Lipinski definition) is 5. The third kappa shape index (κ3) is 7.85. The van der Waals surface area contributed by atoms with Gasteiger partial charge in [0, 0.05) is 13.3 Å². The first-order valence-electron chi connectivity index (χ1n) is 7.31. The summed E-state index contributed by atoms with van der Waals surface area (Å²) in [5.41, 5.74) is -1.51. The molecule has 0 spiro atoms. The molecule has 128 valence electrons. The Morgan fingerprint density at radius 3 is 2.05 bits per heavy atom. The summed E-state index contributed by atoms with van der Waals surface area (Å²) in [6, 6.07) is 0. The average Bonchev–Trinajstić information content (AvgIpc) is 2.34. The number of amides is 1. The Bertz CT molecular complexity index is 415. The minimum atomic E-state index is -1.45. The smallest absolute Gasteiger partial charge is 0.411 e. The molecular formula is C15H27NO6. The van der Waals surface area contributed by atoms with E-state index in [1.807, 2.05) is 20.8 Å². The molecule has 0 radical (unpaired) electrons. The molecule has 0 aliphatic rings. The van der Waals surface area contributed by atoms with Crippen LogP contribution in [-0.2, 0) is 19.1 Å². The van der Waals surface area contributed by atoms with Crippen molar-refractivity contribution >= 4 is 18.0 Å². The fraction of sp³-hybridized carbons (Fsp3) is 0.800. The molecule has 0 aliphatic carbocycles. The Morgan fingerprint density at radius 1 is 1.09 bits per heavy atom. The molecule has 0 bridgehead atoms. The monoisotopic (exact) mass is 317 g/mol. The summed E-state index contributed by atoms with van der Waals surface area (Å²) in [7, 11) is 0.